The fourth-order valence-electron chi connectivity index (χ4n) is 5.25. The van der Waals surface area contributed by atoms with E-state index in [9.17, 15) is 19.8 Å². The minimum atomic E-state index is -1.23. The average molecular weight is 753 g/mol. The fraction of sp³-hybridized carbons (Fsp3) is 0.297. The van der Waals surface area contributed by atoms with Crippen molar-refractivity contribution in [3.05, 3.63) is 100 Å². The number of carbonyl (C=O) groups is 2. The Balaban J connectivity index is 1.26. The van der Waals surface area contributed by atoms with E-state index in [1.54, 1.807) is 72.8 Å². The molecule has 1 heterocycles. The van der Waals surface area contributed by atoms with Gasteiger partial charge in [0.15, 0.2) is 0 Å². The molecule has 5 aromatic rings. The summed E-state index contributed by atoms with van der Waals surface area (Å²) in [4.78, 5) is 22.5. The van der Waals surface area contributed by atoms with Crippen LogP contribution in [0.1, 0.15) is 29.5 Å². The molecule has 0 aliphatic heterocycles. The summed E-state index contributed by atoms with van der Waals surface area (Å²) in [6.07, 6.45) is 1.26. The number of benzene rings is 4. The normalized spacial score (nSPS) is 12.4. The molecular weight excluding hydrogens is 715 g/mol. The predicted molar refractivity (Wildman–Crippen MR) is 190 cm³/mol. The number of nitrogens with one attached hydrogen (secondary N) is 2. The van der Waals surface area contributed by atoms with E-state index in [0.717, 1.165) is 5.56 Å². The van der Waals surface area contributed by atoms with Crippen LogP contribution in [0.5, 0.6) is 17.2 Å². The molecule has 2 atom stereocenters. The second-order valence-corrected chi connectivity index (χ2v) is 12.3. The summed E-state index contributed by atoms with van der Waals surface area (Å²) in [5, 5.41) is 50.3. The van der Waals surface area contributed by atoms with Gasteiger partial charge < -0.3 is 40.0 Å². The largest absolute Gasteiger partial charge is 0.494 e. The van der Waals surface area contributed by atoms with E-state index in [1.807, 2.05) is 0 Å². The number of carboxylic acid groups (broad SMARTS) is 2. The van der Waals surface area contributed by atoms with E-state index in [-0.39, 0.29) is 36.1 Å². The molecule has 0 fully saturated rings. The SMILES string of the molecule is O=C(O)[C@H](CO)NCc1cc(Cl)c(OCc2cccc(-c3cccc(OCCCCN[C@H](CO)C(=O)O)c3)c2F)cc1OCc1ccc2nonc2c1. The molecule has 16 heteroatoms. The second kappa shape index (κ2) is 19.0. The van der Waals surface area contributed by atoms with Crippen LogP contribution in [0.3, 0.4) is 0 Å². The van der Waals surface area contributed by atoms with Crippen molar-refractivity contribution < 1.29 is 53.2 Å². The molecule has 6 N–H and O–H groups in total. The van der Waals surface area contributed by atoms with Gasteiger partial charge in [-0.05, 0) is 71.2 Å². The highest BCUT2D eigenvalue weighted by molar-refractivity contribution is 6.32. The summed E-state index contributed by atoms with van der Waals surface area (Å²) in [6, 6.07) is 18.1. The minimum absolute atomic E-state index is 0.00635. The van der Waals surface area contributed by atoms with Gasteiger partial charge in [-0.15, -0.1) is 0 Å². The number of aliphatic carboxylic acids is 2. The molecule has 5 rings (SSSR count). The molecule has 1 aromatic heterocycles. The van der Waals surface area contributed by atoms with Gasteiger partial charge in [0.2, 0.25) is 0 Å². The van der Waals surface area contributed by atoms with E-state index < -0.39 is 43.1 Å². The Morgan fingerprint density at radius 2 is 1.53 bits per heavy atom. The highest BCUT2D eigenvalue weighted by atomic mass is 35.5. The topological polar surface area (TPSA) is 206 Å². The first-order chi connectivity index (χ1) is 25.7. The number of ether oxygens (including phenoxy) is 3. The summed E-state index contributed by atoms with van der Waals surface area (Å²) in [7, 11) is 0. The molecule has 53 heavy (non-hydrogen) atoms. The number of hydrogen-bond acceptors (Lipinski definition) is 12. The van der Waals surface area contributed by atoms with Crippen LogP contribution in [0.4, 0.5) is 4.39 Å². The maximum Gasteiger partial charge on any atom is 0.323 e. The lowest BCUT2D eigenvalue weighted by molar-refractivity contribution is -0.141. The first-order valence-electron chi connectivity index (χ1n) is 16.6. The van der Waals surface area contributed by atoms with Gasteiger partial charge in [-0.2, -0.15) is 0 Å². The average Bonchev–Trinajstić information content (AvgIpc) is 3.62. The quantitative estimate of drug-likeness (QED) is 0.0569. The third kappa shape index (κ3) is 10.6. The number of halogens is 2. The Morgan fingerprint density at radius 1 is 0.792 bits per heavy atom. The van der Waals surface area contributed by atoms with Crippen LogP contribution in [0.2, 0.25) is 5.02 Å². The number of unbranched alkanes of at least 4 members (excludes halogenated alkanes) is 1. The number of hydrogen-bond donors (Lipinski definition) is 6. The third-order valence-electron chi connectivity index (χ3n) is 8.17. The number of nitrogens with zero attached hydrogens (tertiary/aromatic N) is 2. The smallest absolute Gasteiger partial charge is 0.323 e. The number of carboxylic acids is 2. The first-order valence-corrected chi connectivity index (χ1v) is 17.0. The minimum Gasteiger partial charge on any atom is -0.494 e. The van der Waals surface area contributed by atoms with Gasteiger partial charge in [-0.3, -0.25) is 14.9 Å². The van der Waals surface area contributed by atoms with Crippen LogP contribution < -0.4 is 24.8 Å². The molecule has 14 nitrogen and oxygen atoms in total. The number of aliphatic hydroxyl groups is 2. The highest BCUT2D eigenvalue weighted by Gasteiger charge is 2.19. The molecule has 0 spiro atoms. The van der Waals surface area contributed by atoms with Crippen molar-refractivity contribution >= 4 is 34.6 Å². The van der Waals surface area contributed by atoms with Crippen molar-refractivity contribution in [2.24, 2.45) is 0 Å². The van der Waals surface area contributed by atoms with Crippen molar-refractivity contribution in [1.29, 1.82) is 0 Å². The summed E-state index contributed by atoms with van der Waals surface area (Å²) >= 11 is 6.59. The molecule has 0 bridgehead atoms. The molecule has 0 saturated carbocycles. The van der Waals surface area contributed by atoms with Gasteiger partial charge in [0.05, 0.1) is 24.8 Å². The van der Waals surface area contributed by atoms with Crippen molar-refractivity contribution in [3.63, 3.8) is 0 Å². The van der Waals surface area contributed by atoms with Gasteiger partial charge >= 0.3 is 11.9 Å². The Labute approximate surface area is 308 Å². The Bertz CT molecular complexity index is 2010. The fourth-order valence-corrected chi connectivity index (χ4v) is 5.49. The Morgan fingerprint density at radius 3 is 2.30 bits per heavy atom. The Kier molecular flexibility index (Phi) is 13.9. The summed E-state index contributed by atoms with van der Waals surface area (Å²) in [5.41, 5.74) is 3.54. The molecule has 0 saturated heterocycles. The van der Waals surface area contributed by atoms with Crippen LogP contribution in [0.15, 0.2) is 77.4 Å². The molecule has 280 valence electrons. The summed E-state index contributed by atoms with van der Waals surface area (Å²) in [5.74, 6) is -1.79. The van der Waals surface area contributed by atoms with Crippen LogP contribution in [0, 0.1) is 5.82 Å². The van der Waals surface area contributed by atoms with Crippen LogP contribution in [-0.4, -0.2) is 81.1 Å². The summed E-state index contributed by atoms with van der Waals surface area (Å²) < 4.78 is 38.6. The van der Waals surface area contributed by atoms with Crippen LogP contribution in [0.25, 0.3) is 22.2 Å². The van der Waals surface area contributed by atoms with E-state index in [2.05, 4.69) is 20.9 Å². The zero-order valence-corrected chi connectivity index (χ0v) is 29.1. The van der Waals surface area contributed by atoms with Crippen molar-refractivity contribution in [2.75, 3.05) is 26.4 Å². The standard InChI is InChI=1S/C37H38ClFN4O10/c38-28-15-25(17-41-32(19-45)37(48)49)33(51-20-22-9-10-29-30(13-22)43-53-42-29)16-34(28)52-21-24-6-4-8-27(35(24)39)23-5-3-7-26(14-23)50-12-2-1-11-40-31(18-44)36(46)47/h3-10,13-16,31-32,40-41,44-45H,1-2,11-12,17-21H2,(H,46,47)(H,48,49)/t31-,32+/m1/s1. The molecule has 4 aromatic carbocycles. The first kappa shape index (κ1) is 38.9. The number of aliphatic hydroxyl groups excluding tert-OH is 2. The van der Waals surface area contributed by atoms with E-state index in [0.29, 0.717) is 65.2 Å². The maximum atomic E-state index is 15.9. The second-order valence-electron chi connectivity index (χ2n) is 11.9. The third-order valence-corrected chi connectivity index (χ3v) is 8.46. The van der Waals surface area contributed by atoms with E-state index in [1.165, 1.54) is 0 Å². The summed E-state index contributed by atoms with van der Waals surface area (Å²) in [6.45, 7) is -0.460. The van der Waals surface area contributed by atoms with Gasteiger partial charge in [-0.25, -0.2) is 9.02 Å². The molecule has 0 aliphatic carbocycles. The lowest BCUT2D eigenvalue weighted by Crippen LogP contribution is -2.40. The van der Waals surface area contributed by atoms with Crippen molar-refractivity contribution in [3.8, 4) is 28.4 Å². The molecule has 0 aliphatic rings. The van der Waals surface area contributed by atoms with Crippen LogP contribution in [-0.2, 0) is 29.3 Å². The molecule has 0 radical (unpaired) electrons. The van der Waals surface area contributed by atoms with E-state index >= 15 is 4.39 Å². The number of fused-ring (bicyclic) bond motifs is 1. The number of aromatic nitrogens is 2. The molecule has 0 amide bonds. The van der Waals surface area contributed by atoms with Gasteiger partial charge in [0.25, 0.3) is 0 Å². The van der Waals surface area contributed by atoms with Crippen LogP contribution >= 0.6 is 11.6 Å². The highest BCUT2D eigenvalue weighted by Crippen LogP contribution is 2.35. The van der Waals surface area contributed by atoms with Crippen molar-refractivity contribution in [2.45, 2.75) is 44.7 Å². The Hall–Kier alpha value is -5.32. The lowest BCUT2D eigenvalue weighted by Gasteiger charge is -2.18. The van der Waals surface area contributed by atoms with Crippen molar-refractivity contribution in [1.82, 2.24) is 20.9 Å². The van der Waals surface area contributed by atoms with E-state index in [4.69, 9.17) is 40.7 Å². The van der Waals surface area contributed by atoms with Gasteiger partial charge in [0, 0.05) is 29.3 Å². The zero-order valence-electron chi connectivity index (χ0n) is 28.3. The molecular formula is C37H38ClFN4O10. The number of rotatable bonds is 21. The maximum absolute atomic E-state index is 15.9. The molecule has 0 unspecified atom stereocenters. The monoisotopic (exact) mass is 752 g/mol. The van der Waals surface area contributed by atoms with Gasteiger partial charge in [0.1, 0.15) is 59.4 Å². The predicted octanol–water partition coefficient (Wildman–Crippen LogP) is 4.57. The van der Waals surface area contributed by atoms with Gasteiger partial charge in [-0.1, -0.05) is 48.0 Å². The lowest BCUT2D eigenvalue weighted by atomic mass is 10.0. The zero-order chi connectivity index (χ0) is 37.7.